The number of anilines is 1. The minimum Gasteiger partial charge on any atom is -0.372 e. The predicted molar refractivity (Wildman–Crippen MR) is 126 cm³/mol. The summed E-state index contributed by atoms with van der Waals surface area (Å²) < 4.78 is 0. The molecule has 2 fully saturated rings. The van der Waals surface area contributed by atoms with Crippen LogP contribution in [-0.2, 0) is 6.42 Å². The maximum absolute atomic E-state index is 5.61. The molecule has 156 valence electrons. The summed E-state index contributed by atoms with van der Waals surface area (Å²) in [6.45, 7) is 11.5. The molecule has 0 radical (unpaired) electrons. The van der Waals surface area contributed by atoms with Crippen molar-refractivity contribution in [3.63, 3.8) is 0 Å². The van der Waals surface area contributed by atoms with E-state index in [9.17, 15) is 0 Å². The van der Waals surface area contributed by atoms with E-state index in [0.29, 0.717) is 0 Å². The van der Waals surface area contributed by atoms with E-state index in [4.69, 9.17) is 6.42 Å². The third-order valence-electron chi connectivity index (χ3n) is 6.52. The molecule has 2 nitrogen and oxygen atoms in total. The first-order chi connectivity index (χ1) is 14.1. The molecule has 0 spiro atoms. The van der Waals surface area contributed by atoms with Crippen molar-refractivity contribution in [3.05, 3.63) is 52.2 Å². The van der Waals surface area contributed by atoms with Crippen LogP contribution in [0.2, 0.25) is 0 Å². The molecule has 2 aliphatic heterocycles. The van der Waals surface area contributed by atoms with Crippen molar-refractivity contribution in [2.24, 2.45) is 0 Å². The topological polar surface area (TPSA) is 6.48 Å². The highest BCUT2D eigenvalue weighted by Crippen LogP contribution is 2.27. The zero-order chi connectivity index (χ0) is 20.6. The molecule has 0 aromatic heterocycles. The number of terminal acetylenes is 1. The Hall–Kier alpha value is -2.14. The summed E-state index contributed by atoms with van der Waals surface area (Å²) in [5.41, 5.74) is 8.44. The minimum absolute atomic E-state index is 1.08. The Labute approximate surface area is 178 Å². The van der Waals surface area contributed by atoms with E-state index in [0.717, 1.165) is 25.9 Å². The van der Waals surface area contributed by atoms with Gasteiger partial charge in [0.1, 0.15) is 0 Å². The molecule has 0 amide bonds. The molecule has 0 bridgehead atoms. The van der Waals surface area contributed by atoms with Gasteiger partial charge in [-0.25, -0.2) is 0 Å². The lowest BCUT2D eigenvalue weighted by Gasteiger charge is -2.30. The molecule has 0 atom stereocenters. The van der Waals surface area contributed by atoms with Crippen molar-refractivity contribution in [2.45, 2.75) is 72.1 Å². The number of piperidine rings is 2. The van der Waals surface area contributed by atoms with Gasteiger partial charge in [0, 0.05) is 43.6 Å². The summed E-state index contributed by atoms with van der Waals surface area (Å²) in [7, 11) is 0. The van der Waals surface area contributed by atoms with Crippen molar-refractivity contribution in [3.8, 4) is 12.3 Å². The minimum atomic E-state index is 1.08. The van der Waals surface area contributed by atoms with Crippen molar-refractivity contribution in [2.75, 3.05) is 31.1 Å². The number of nitrogens with zero attached hydrogens (tertiary/aromatic N) is 2. The Balaban J connectivity index is 1.67. The van der Waals surface area contributed by atoms with Crippen LogP contribution >= 0.6 is 0 Å². The highest BCUT2D eigenvalue weighted by Gasteiger charge is 2.14. The van der Waals surface area contributed by atoms with Gasteiger partial charge in [-0.05, 0) is 107 Å². The van der Waals surface area contributed by atoms with E-state index < -0.39 is 0 Å². The lowest BCUT2D eigenvalue weighted by atomic mass is 9.95. The largest absolute Gasteiger partial charge is 0.372 e. The first-order valence-electron chi connectivity index (χ1n) is 11.5. The van der Waals surface area contributed by atoms with Gasteiger partial charge >= 0.3 is 0 Å². The molecule has 1 aromatic rings. The molecule has 2 aliphatic rings. The highest BCUT2D eigenvalue weighted by atomic mass is 15.1. The van der Waals surface area contributed by atoms with Crippen LogP contribution in [0.1, 0.15) is 68.6 Å². The van der Waals surface area contributed by atoms with Gasteiger partial charge in [0.25, 0.3) is 0 Å². The molecule has 0 N–H and O–H groups in total. The quantitative estimate of drug-likeness (QED) is 0.423. The van der Waals surface area contributed by atoms with E-state index in [1.807, 2.05) is 6.08 Å². The van der Waals surface area contributed by atoms with Crippen LogP contribution in [0, 0.1) is 26.2 Å². The Morgan fingerprint density at radius 2 is 1.55 bits per heavy atom. The first-order valence-corrected chi connectivity index (χ1v) is 11.5. The maximum atomic E-state index is 5.61. The fourth-order valence-corrected chi connectivity index (χ4v) is 4.81. The maximum Gasteiger partial charge on any atom is 0.0450 e. The number of benzene rings is 1. The van der Waals surface area contributed by atoms with Crippen molar-refractivity contribution < 1.29 is 0 Å². The molecule has 0 unspecified atom stereocenters. The third-order valence-corrected chi connectivity index (χ3v) is 6.52. The monoisotopic (exact) mass is 390 g/mol. The summed E-state index contributed by atoms with van der Waals surface area (Å²) in [5, 5.41) is 0. The number of hydrogen-bond donors (Lipinski definition) is 0. The van der Waals surface area contributed by atoms with Crippen LogP contribution in [0.4, 0.5) is 5.69 Å². The number of likely N-dealkylation sites (tertiary alicyclic amines) is 1. The van der Waals surface area contributed by atoms with Gasteiger partial charge in [0.15, 0.2) is 0 Å². The molecule has 29 heavy (non-hydrogen) atoms. The van der Waals surface area contributed by atoms with Gasteiger partial charge in [-0.2, -0.15) is 0 Å². The van der Waals surface area contributed by atoms with Crippen LogP contribution < -0.4 is 4.90 Å². The summed E-state index contributed by atoms with van der Waals surface area (Å²) in [4.78, 5) is 5.02. The van der Waals surface area contributed by atoms with Crippen LogP contribution in [0.25, 0.3) is 0 Å². The smallest absolute Gasteiger partial charge is 0.0450 e. The number of aryl methyl sites for hydroxylation is 2. The van der Waals surface area contributed by atoms with Crippen molar-refractivity contribution in [1.82, 2.24) is 4.90 Å². The van der Waals surface area contributed by atoms with Gasteiger partial charge in [-0.1, -0.05) is 11.5 Å². The molecule has 0 aliphatic carbocycles. The number of allylic oxidation sites excluding steroid dienone is 3. The van der Waals surface area contributed by atoms with Gasteiger partial charge in [-0.15, -0.1) is 6.42 Å². The Morgan fingerprint density at radius 1 is 0.966 bits per heavy atom. The number of hydrogen-bond acceptors (Lipinski definition) is 2. The number of rotatable bonds is 6. The Kier molecular flexibility index (Phi) is 7.87. The second-order valence-corrected chi connectivity index (χ2v) is 8.88. The van der Waals surface area contributed by atoms with Crippen molar-refractivity contribution in [1.29, 1.82) is 0 Å². The zero-order valence-corrected chi connectivity index (χ0v) is 18.8. The summed E-state index contributed by atoms with van der Waals surface area (Å²) >= 11 is 0. The van der Waals surface area contributed by atoms with Gasteiger partial charge in [0.2, 0.25) is 0 Å². The second-order valence-electron chi connectivity index (χ2n) is 8.88. The molecule has 1 aromatic carbocycles. The van der Waals surface area contributed by atoms with E-state index >= 15 is 0 Å². The summed E-state index contributed by atoms with van der Waals surface area (Å²) in [6, 6.07) is 4.81. The average molecular weight is 391 g/mol. The van der Waals surface area contributed by atoms with E-state index in [1.165, 1.54) is 85.3 Å². The van der Waals surface area contributed by atoms with Crippen LogP contribution in [0.3, 0.4) is 0 Å². The van der Waals surface area contributed by atoms with Gasteiger partial charge < -0.3 is 9.80 Å². The van der Waals surface area contributed by atoms with Crippen LogP contribution in [0.15, 0.2) is 35.6 Å². The Morgan fingerprint density at radius 3 is 2.14 bits per heavy atom. The fraction of sp³-hybridized carbons (Fsp3) is 0.556. The molecule has 2 heteroatoms. The lowest BCUT2D eigenvalue weighted by Crippen LogP contribution is -2.29. The van der Waals surface area contributed by atoms with Gasteiger partial charge in [0.05, 0.1) is 0 Å². The molecule has 0 saturated carbocycles. The third kappa shape index (κ3) is 5.92. The molecular formula is C27H38N2. The van der Waals surface area contributed by atoms with Crippen LogP contribution in [0.5, 0.6) is 0 Å². The Bertz CT molecular complexity index is 758. The van der Waals surface area contributed by atoms with E-state index in [-0.39, 0.29) is 0 Å². The molecule has 3 rings (SSSR count). The van der Waals surface area contributed by atoms with Crippen molar-refractivity contribution >= 4 is 5.69 Å². The first kappa shape index (κ1) is 21.6. The fourth-order valence-electron chi connectivity index (χ4n) is 4.81. The zero-order valence-electron chi connectivity index (χ0n) is 18.8. The standard InChI is InChI=1S/C27H38N2/c1-5-12-25(28-15-8-6-9-16-28)19-22(2)13-14-27-23(3)20-26(21-24(27)4)29-17-10-7-11-18-29/h1,12,19-21H,6-11,13-18H2,2-4H3/b22-19-,25-12+. The molecule has 2 heterocycles. The summed E-state index contributed by atoms with van der Waals surface area (Å²) in [5.74, 6) is 2.75. The molecular weight excluding hydrogens is 352 g/mol. The highest BCUT2D eigenvalue weighted by molar-refractivity contribution is 5.54. The normalized spacial score (nSPS) is 18.7. The van der Waals surface area contributed by atoms with Crippen LogP contribution in [-0.4, -0.2) is 31.1 Å². The van der Waals surface area contributed by atoms with Gasteiger partial charge in [-0.3, -0.25) is 0 Å². The average Bonchev–Trinajstić information content (AvgIpc) is 2.74. The van der Waals surface area contributed by atoms with E-state index in [1.54, 1.807) is 0 Å². The van der Waals surface area contributed by atoms with E-state index in [2.05, 4.69) is 54.7 Å². The second kappa shape index (κ2) is 10.6. The lowest BCUT2D eigenvalue weighted by molar-refractivity contribution is 0.293. The SMILES string of the molecule is C#C/C=C(\C=C(\C)CCc1c(C)cc(N2CCCCC2)cc1C)N1CCCCC1. The predicted octanol–water partition coefficient (Wildman–Crippen LogP) is 6.18. The summed E-state index contributed by atoms with van der Waals surface area (Å²) in [6.07, 6.45) is 20.0. The molecule has 2 saturated heterocycles.